The highest BCUT2D eigenvalue weighted by Crippen LogP contribution is 2.70. The minimum absolute atomic E-state index is 0.0325. The van der Waals surface area contributed by atoms with Gasteiger partial charge < -0.3 is 0 Å². The maximum Gasteiger partial charge on any atom is 0.194 e. The van der Waals surface area contributed by atoms with Crippen LogP contribution in [0.2, 0.25) is 0 Å². The Morgan fingerprint density at radius 2 is 0.912 bits per heavy atom. The van der Waals surface area contributed by atoms with Crippen LogP contribution in [0.4, 0.5) is 0 Å². The molecule has 0 radical (unpaired) electrons. The fourth-order valence-corrected chi connectivity index (χ4v) is 19.0. The van der Waals surface area contributed by atoms with Crippen molar-refractivity contribution in [1.82, 2.24) is 0 Å². The van der Waals surface area contributed by atoms with E-state index in [4.69, 9.17) is 0 Å². The second-order valence-electron chi connectivity index (χ2n) is 21.2. The van der Waals surface area contributed by atoms with E-state index < -0.39 is 16.7 Å². The van der Waals surface area contributed by atoms with Crippen LogP contribution < -0.4 is 0 Å². The number of nitrogens with zero attached hydrogens (tertiary/aromatic N) is 4. The molecule has 10 aromatic rings. The van der Waals surface area contributed by atoms with Crippen LogP contribution in [0.3, 0.4) is 0 Å². The molecule has 0 saturated carbocycles. The average molecular weight is 1100 g/mol. The quantitative estimate of drug-likeness (QED) is 0.115. The molecule has 4 heterocycles. The Labute approximate surface area is 478 Å². The van der Waals surface area contributed by atoms with Gasteiger partial charge in [-0.2, -0.15) is 21.0 Å². The molecule has 1 atom stereocenters. The third kappa shape index (κ3) is 6.75. The summed E-state index contributed by atoms with van der Waals surface area (Å²) in [4.78, 5) is 35.4. The fourth-order valence-electron chi connectivity index (χ4n) is 13.1. The van der Waals surface area contributed by atoms with Crippen LogP contribution in [0.15, 0.2) is 174 Å². The van der Waals surface area contributed by atoms with Gasteiger partial charge in [-0.15, -0.1) is 45.3 Å². The lowest BCUT2D eigenvalue weighted by atomic mass is 9.67. The zero-order chi connectivity index (χ0) is 54.9. The number of hydrogen-bond acceptors (Lipinski definition) is 10. The first-order valence-electron chi connectivity index (χ1n) is 26.2. The van der Waals surface area contributed by atoms with E-state index in [1.54, 1.807) is 34.8 Å². The number of carbonyl (C=O) groups excluding carboxylic acids is 2. The van der Waals surface area contributed by atoms with Gasteiger partial charge in [-0.05, 0) is 102 Å². The molecule has 1 unspecified atom stereocenters. The van der Waals surface area contributed by atoms with Crippen molar-refractivity contribution >= 4 is 83.5 Å². The summed E-state index contributed by atoms with van der Waals surface area (Å²) in [5.41, 5.74) is 15.5. The zero-order valence-electron chi connectivity index (χ0n) is 43.6. The summed E-state index contributed by atoms with van der Waals surface area (Å²) in [5, 5.41) is 41.1. The molecule has 4 aliphatic rings. The van der Waals surface area contributed by atoms with Gasteiger partial charge in [-0.25, -0.2) is 0 Å². The average Bonchev–Trinajstić information content (AvgIpc) is 3.92. The first-order chi connectivity index (χ1) is 38.9. The van der Waals surface area contributed by atoms with Gasteiger partial charge in [0, 0.05) is 48.0 Å². The Bertz CT molecular complexity index is 4550. The molecule has 0 aliphatic heterocycles. The van der Waals surface area contributed by atoms with Gasteiger partial charge in [0.05, 0.1) is 40.8 Å². The van der Waals surface area contributed by atoms with Crippen molar-refractivity contribution in [2.24, 2.45) is 5.92 Å². The molecule has 378 valence electrons. The molecule has 4 aliphatic carbocycles. The highest BCUT2D eigenvalue weighted by Gasteiger charge is 2.55. The number of aryl methyl sites for hydroxylation is 4. The fraction of sp³-hybridized carbons (Fsp3) is 0.114. The number of nitriles is 4. The predicted octanol–water partition coefficient (Wildman–Crippen LogP) is 17.0. The van der Waals surface area contributed by atoms with Gasteiger partial charge in [0.25, 0.3) is 0 Å². The lowest BCUT2D eigenvalue weighted by molar-refractivity contribution is 0.0957. The first kappa shape index (κ1) is 49.2. The van der Waals surface area contributed by atoms with E-state index in [1.807, 2.05) is 65.1 Å². The largest absolute Gasteiger partial charge is 0.293 e. The smallest absolute Gasteiger partial charge is 0.194 e. The number of thiophene rings is 4. The van der Waals surface area contributed by atoms with Crippen molar-refractivity contribution in [3.8, 4) is 43.8 Å². The Kier molecular flexibility index (Phi) is 11.2. The monoisotopic (exact) mass is 1100 g/mol. The second kappa shape index (κ2) is 18.2. The number of allylic oxidation sites excluding steroid dienone is 5. The molecule has 6 aromatic carbocycles. The summed E-state index contributed by atoms with van der Waals surface area (Å²) in [6.07, 6.45) is 2.23. The SMILES string of the molecule is Cc1ccc(C2(c3ccc(C)cc3)c3cc(/C=C4\C(=O)c5ccccc5C4=C(C#N)C#N)sc3-c3sc4c5c(sc4c32)-c2sc(CC3C(=O)c4ccccc4C3=C(C#N)C#N)cc2C5(c2ccc(C)cc2)c2ccc(C)cc2)cc1. The molecule has 0 fully saturated rings. The first-order valence-corrected chi connectivity index (χ1v) is 29.5. The van der Waals surface area contributed by atoms with Crippen molar-refractivity contribution in [2.45, 2.75) is 44.9 Å². The highest BCUT2D eigenvalue weighted by molar-refractivity contribution is 7.34. The third-order valence-electron chi connectivity index (χ3n) is 16.7. The van der Waals surface area contributed by atoms with Gasteiger partial charge in [-0.1, -0.05) is 168 Å². The maximum atomic E-state index is 14.5. The Morgan fingerprint density at radius 3 is 1.39 bits per heavy atom. The molecular weight excluding hydrogens is 1060 g/mol. The van der Waals surface area contributed by atoms with E-state index in [1.165, 1.54) is 25.4 Å². The summed E-state index contributed by atoms with van der Waals surface area (Å²) in [6.45, 7) is 8.46. The number of Topliss-reactive ketones (excluding diaryl/α,β-unsaturated/α-hetero) is 2. The molecule has 0 N–H and O–H groups in total. The summed E-state index contributed by atoms with van der Waals surface area (Å²) in [6, 6.07) is 63.3. The summed E-state index contributed by atoms with van der Waals surface area (Å²) in [7, 11) is 0. The number of carbonyl (C=O) groups is 2. The van der Waals surface area contributed by atoms with E-state index >= 15 is 0 Å². The van der Waals surface area contributed by atoms with Crippen LogP contribution in [0.1, 0.15) is 108 Å². The van der Waals surface area contributed by atoms with Crippen molar-refractivity contribution in [2.75, 3.05) is 0 Å². The van der Waals surface area contributed by atoms with Crippen molar-refractivity contribution in [1.29, 1.82) is 21.0 Å². The molecule has 0 spiro atoms. The number of ketones is 2. The Morgan fingerprint density at radius 1 is 0.487 bits per heavy atom. The van der Waals surface area contributed by atoms with E-state index in [0.717, 1.165) is 80.0 Å². The number of fused-ring (bicyclic) bond motifs is 11. The predicted molar refractivity (Wildman–Crippen MR) is 322 cm³/mol. The van der Waals surface area contributed by atoms with Crippen molar-refractivity contribution in [3.05, 3.63) is 273 Å². The van der Waals surface area contributed by atoms with Crippen LogP contribution in [0, 0.1) is 78.9 Å². The van der Waals surface area contributed by atoms with Gasteiger partial charge in [0.2, 0.25) is 0 Å². The molecule has 0 bridgehead atoms. The van der Waals surface area contributed by atoms with E-state index in [2.05, 4.69) is 161 Å². The molecule has 4 aromatic heterocycles. The normalized spacial score (nSPS) is 16.1. The summed E-state index contributed by atoms with van der Waals surface area (Å²) >= 11 is 7.03. The molecular formula is C70H42N4O2S4. The number of hydrogen-bond donors (Lipinski definition) is 0. The Balaban J connectivity index is 1.06. The minimum atomic E-state index is -0.818. The Hall–Kier alpha value is -9.10. The standard InChI is InChI=1S/C70H42N4O2S4/c1-37-13-21-43(22-14-37)69(44-23-15-38(2)16-24-44)55-31-47(29-53-57(41(33-71)34-72)49-9-5-7-11-51(49)61(53)75)77-63(55)65-59(69)67-68(79-65)60-66(80-67)64-56(70(60,45-25-17-39(3)18-26-45)46-27-19-40(4)20-28-46)32-48(78-64)30-54-58(42(35-73)36-74)50-10-6-8-12-52(50)62(54)76/h5-29,31-32,54H,30H2,1-4H3/b53-29-. The van der Waals surface area contributed by atoms with Gasteiger partial charge in [-0.3, -0.25) is 9.59 Å². The molecule has 10 heteroatoms. The second-order valence-corrected chi connectivity index (χ2v) is 25.4. The van der Waals surface area contributed by atoms with E-state index in [9.17, 15) is 30.6 Å². The van der Waals surface area contributed by atoms with Crippen LogP contribution in [0.5, 0.6) is 0 Å². The molecule has 14 rings (SSSR count). The molecule has 6 nitrogen and oxygen atoms in total. The van der Waals surface area contributed by atoms with Crippen molar-refractivity contribution < 1.29 is 9.59 Å². The van der Waals surface area contributed by atoms with Crippen LogP contribution >= 0.6 is 45.3 Å². The van der Waals surface area contributed by atoms with E-state index in [-0.39, 0.29) is 22.7 Å². The summed E-state index contributed by atoms with van der Waals surface area (Å²) in [5.74, 6) is -0.991. The zero-order valence-corrected chi connectivity index (χ0v) is 46.9. The molecule has 80 heavy (non-hydrogen) atoms. The molecule has 0 amide bonds. The van der Waals surface area contributed by atoms with Gasteiger partial charge >= 0.3 is 0 Å². The van der Waals surface area contributed by atoms with Gasteiger partial charge in [0.1, 0.15) is 35.4 Å². The topological polar surface area (TPSA) is 129 Å². The number of rotatable bonds is 7. The lowest BCUT2D eigenvalue weighted by Gasteiger charge is -2.34. The van der Waals surface area contributed by atoms with E-state index in [0.29, 0.717) is 45.4 Å². The minimum Gasteiger partial charge on any atom is -0.293 e. The van der Waals surface area contributed by atoms with Gasteiger partial charge in [0.15, 0.2) is 11.6 Å². The summed E-state index contributed by atoms with van der Waals surface area (Å²) < 4.78 is 2.39. The van der Waals surface area contributed by atoms with Crippen LogP contribution in [-0.4, -0.2) is 11.6 Å². The number of benzene rings is 6. The third-order valence-corrected chi connectivity index (χ3v) is 21.8. The van der Waals surface area contributed by atoms with Crippen LogP contribution in [0.25, 0.3) is 46.1 Å². The van der Waals surface area contributed by atoms with Crippen molar-refractivity contribution in [3.63, 3.8) is 0 Å². The molecule has 0 saturated heterocycles. The lowest BCUT2D eigenvalue weighted by Crippen LogP contribution is -2.29. The highest BCUT2D eigenvalue weighted by atomic mass is 32.1. The maximum absolute atomic E-state index is 14.5. The van der Waals surface area contributed by atoms with Crippen LogP contribution in [-0.2, 0) is 17.3 Å².